The maximum absolute atomic E-state index is 12.4. The predicted molar refractivity (Wildman–Crippen MR) is 103 cm³/mol. The normalized spacial score (nSPS) is 12.0. The molecule has 138 valence electrons. The minimum absolute atomic E-state index is 0.169. The Morgan fingerprint density at radius 2 is 1.96 bits per heavy atom. The topological polar surface area (TPSA) is 99.4 Å². The predicted octanol–water partition coefficient (Wildman–Crippen LogP) is 4.39. The first-order chi connectivity index (χ1) is 12.8. The molecule has 0 heterocycles. The number of hydrogen-bond donors (Lipinski definition) is 2. The highest BCUT2D eigenvalue weighted by atomic mass is 35.5. The van der Waals surface area contributed by atoms with E-state index >= 15 is 0 Å². The smallest absolute Gasteiger partial charge is 0.344 e. The van der Waals surface area contributed by atoms with Crippen molar-refractivity contribution in [2.45, 2.75) is 13.0 Å². The molecule has 0 aliphatic carbocycles. The van der Waals surface area contributed by atoms with Crippen LogP contribution in [0, 0.1) is 11.3 Å². The van der Waals surface area contributed by atoms with E-state index in [0.29, 0.717) is 11.3 Å². The number of nitriles is 1. The third kappa shape index (κ3) is 5.48. The third-order valence-corrected chi connectivity index (χ3v) is 4.21. The minimum atomic E-state index is -1.11. The molecule has 0 fully saturated rings. The summed E-state index contributed by atoms with van der Waals surface area (Å²) >= 11 is 11.9. The second-order valence-electron chi connectivity index (χ2n) is 5.40. The highest BCUT2D eigenvalue weighted by Crippen LogP contribution is 2.29. The first-order valence-corrected chi connectivity index (χ1v) is 8.44. The number of hydrogen-bond acceptors (Lipinski definition) is 4. The number of anilines is 1. The Morgan fingerprint density at radius 1 is 1.26 bits per heavy atom. The summed E-state index contributed by atoms with van der Waals surface area (Å²) in [5, 5.41) is 21.2. The van der Waals surface area contributed by atoms with Gasteiger partial charge in [0.05, 0.1) is 15.7 Å². The van der Waals surface area contributed by atoms with Crippen LogP contribution in [0.4, 0.5) is 5.69 Å². The highest BCUT2D eigenvalue weighted by molar-refractivity contribution is 6.44. The van der Waals surface area contributed by atoms with Gasteiger partial charge in [-0.05, 0) is 42.8 Å². The van der Waals surface area contributed by atoms with Gasteiger partial charge in [0.15, 0.2) is 6.10 Å². The summed E-state index contributed by atoms with van der Waals surface area (Å²) in [7, 11) is 0. The molecule has 0 spiro atoms. The minimum Gasteiger partial charge on any atom is -0.479 e. The molecule has 2 aromatic carbocycles. The van der Waals surface area contributed by atoms with Crippen LogP contribution in [0.15, 0.2) is 48.0 Å². The molecule has 1 amide bonds. The van der Waals surface area contributed by atoms with Gasteiger partial charge in [-0.25, -0.2) is 4.79 Å². The van der Waals surface area contributed by atoms with E-state index in [1.54, 1.807) is 36.4 Å². The summed E-state index contributed by atoms with van der Waals surface area (Å²) in [6.45, 7) is 1.40. The van der Waals surface area contributed by atoms with Gasteiger partial charge in [-0.2, -0.15) is 5.26 Å². The lowest BCUT2D eigenvalue weighted by Crippen LogP contribution is -2.22. The molecule has 27 heavy (non-hydrogen) atoms. The van der Waals surface area contributed by atoms with E-state index in [0.717, 1.165) is 0 Å². The number of carbonyl (C=O) groups is 2. The fourth-order valence-corrected chi connectivity index (χ4v) is 2.39. The lowest BCUT2D eigenvalue weighted by molar-refractivity contribution is -0.144. The zero-order chi connectivity index (χ0) is 20.0. The van der Waals surface area contributed by atoms with Crippen molar-refractivity contribution < 1.29 is 19.4 Å². The van der Waals surface area contributed by atoms with Gasteiger partial charge in [0, 0.05) is 0 Å². The van der Waals surface area contributed by atoms with Gasteiger partial charge in [0.1, 0.15) is 17.4 Å². The highest BCUT2D eigenvalue weighted by Gasteiger charge is 2.14. The first kappa shape index (κ1) is 20.3. The number of rotatable bonds is 6. The molecule has 2 aromatic rings. The van der Waals surface area contributed by atoms with Gasteiger partial charge in [-0.3, -0.25) is 4.79 Å². The van der Waals surface area contributed by atoms with Crippen LogP contribution in [-0.4, -0.2) is 23.1 Å². The van der Waals surface area contributed by atoms with Crippen molar-refractivity contribution in [3.63, 3.8) is 0 Å². The monoisotopic (exact) mass is 404 g/mol. The summed E-state index contributed by atoms with van der Waals surface area (Å²) in [4.78, 5) is 23.2. The average molecular weight is 405 g/mol. The number of nitrogens with one attached hydrogen (secondary N) is 1. The Balaban J connectivity index is 2.22. The van der Waals surface area contributed by atoms with Crippen LogP contribution in [0.25, 0.3) is 6.08 Å². The maximum atomic E-state index is 12.4. The number of benzene rings is 2. The Morgan fingerprint density at radius 3 is 2.63 bits per heavy atom. The van der Waals surface area contributed by atoms with E-state index in [4.69, 9.17) is 33.0 Å². The summed E-state index contributed by atoms with van der Waals surface area (Å²) < 4.78 is 5.27. The number of amides is 1. The van der Waals surface area contributed by atoms with Crippen molar-refractivity contribution in [3.05, 3.63) is 63.6 Å². The Bertz CT molecular complexity index is 951. The second-order valence-corrected chi connectivity index (χ2v) is 6.18. The van der Waals surface area contributed by atoms with Crippen molar-refractivity contribution in [2.75, 3.05) is 5.32 Å². The Labute approximate surface area is 165 Å². The molecule has 0 saturated carbocycles. The van der Waals surface area contributed by atoms with Gasteiger partial charge in [0.25, 0.3) is 5.91 Å². The van der Waals surface area contributed by atoms with E-state index < -0.39 is 18.0 Å². The molecule has 6 nitrogen and oxygen atoms in total. The quantitative estimate of drug-likeness (QED) is 0.549. The van der Waals surface area contributed by atoms with Crippen LogP contribution >= 0.6 is 23.2 Å². The van der Waals surface area contributed by atoms with E-state index in [-0.39, 0.29) is 21.3 Å². The number of nitrogens with zero attached hydrogens (tertiary/aromatic N) is 1. The molecule has 0 aliphatic rings. The van der Waals surface area contributed by atoms with Gasteiger partial charge < -0.3 is 15.2 Å². The number of carbonyl (C=O) groups excluding carboxylic acids is 1. The maximum Gasteiger partial charge on any atom is 0.344 e. The van der Waals surface area contributed by atoms with E-state index in [9.17, 15) is 14.9 Å². The number of carboxylic acids is 1. The molecule has 0 aromatic heterocycles. The number of aliphatic carboxylic acids is 1. The summed E-state index contributed by atoms with van der Waals surface area (Å²) in [6, 6.07) is 12.9. The molecule has 1 unspecified atom stereocenters. The lowest BCUT2D eigenvalue weighted by Gasteiger charge is -2.11. The number of ether oxygens (including phenoxy) is 1. The molecule has 2 rings (SSSR count). The fourth-order valence-electron chi connectivity index (χ4n) is 2.04. The molecule has 0 aliphatic heterocycles. The number of halogens is 2. The molecular formula is C19H14Cl2N2O4. The van der Waals surface area contributed by atoms with Gasteiger partial charge in [-0.15, -0.1) is 0 Å². The van der Waals surface area contributed by atoms with Crippen LogP contribution in [-0.2, 0) is 9.59 Å². The molecule has 0 bridgehead atoms. The fraction of sp³-hybridized carbons (Fsp3) is 0.105. The molecule has 1 atom stereocenters. The molecule has 2 N–H and O–H groups in total. The van der Waals surface area contributed by atoms with Gasteiger partial charge in [0.2, 0.25) is 0 Å². The van der Waals surface area contributed by atoms with Crippen molar-refractivity contribution in [3.8, 4) is 11.8 Å². The SMILES string of the molecule is CC(Oc1cccc(/C=C(/C#N)C(=O)Nc2cccc(Cl)c2Cl)c1)C(=O)O. The van der Waals surface area contributed by atoms with Crippen LogP contribution in [0.3, 0.4) is 0 Å². The molecule has 0 radical (unpaired) electrons. The molecule has 8 heteroatoms. The third-order valence-electron chi connectivity index (χ3n) is 3.39. The molecule has 0 saturated heterocycles. The van der Waals surface area contributed by atoms with E-state index in [2.05, 4.69) is 5.32 Å². The zero-order valence-corrected chi connectivity index (χ0v) is 15.6. The van der Waals surface area contributed by atoms with Gasteiger partial charge >= 0.3 is 5.97 Å². The van der Waals surface area contributed by atoms with E-state index in [1.165, 1.54) is 19.1 Å². The lowest BCUT2D eigenvalue weighted by atomic mass is 10.1. The van der Waals surface area contributed by atoms with Crippen LogP contribution in [0.5, 0.6) is 5.75 Å². The largest absolute Gasteiger partial charge is 0.479 e. The Hall–Kier alpha value is -3.01. The first-order valence-electron chi connectivity index (χ1n) is 7.68. The summed E-state index contributed by atoms with van der Waals surface area (Å²) in [5.74, 6) is -1.47. The van der Waals surface area contributed by atoms with Crippen LogP contribution in [0.1, 0.15) is 12.5 Å². The summed E-state index contributed by atoms with van der Waals surface area (Å²) in [6.07, 6.45) is 0.319. The van der Waals surface area contributed by atoms with Crippen molar-refractivity contribution in [1.82, 2.24) is 0 Å². The second kappa shape index (κ2) is 9.08. The van der Waals surface area contributed by atoms with Crippen molar-refractivity contribution in [2.24, 2.45) is 0 Å². The summed E-state index contributed by atoms with van der Waals surface area (Å²) in [5.41, 5.74) is 0.603. The van der Waals surface area contributed by atoms with Crippen molar-refractivity contribution >= 4 is 46.8 Å². The molecular weight excluding hydrogens is 391 g/mol. The van der Waals surface area contributed by atoms with Crippen LogP contribution in [0.2, 0.25) is 10.0 Å². The van der Waals surface area contributed by atoms with Crippen LogP contribution < -0.4 is 10.1 Å². The Kier molecular flexibility index (Phi) is 6.83. The average Bonchev–Trinajstić information content (AvgIpc) is 2.63. The number of carboxylic acid groups (broad SMARTS) is 1. The standard InChI is InChI=1S/C19H14Cl2N2O4/c1-11(19(25)26)27-14-5-2-4-12(9-14)8-13(10-22)18(24)23-16-7-3-6-15(20)17(16)21/h2-9,11H,1H3,(H,23,24)(H,25,26)/b13-8-. The van der Waals surface area contributed by atoms with Gasteiger partial charge in [-0.1, -0.05) is 41.4 Å². The van der Waals surface area contributed by atoms with E-state index in [1.807, 2.05) is 6.07 Å². The zero-order valence-electron chi connectivity index (χ0n) is 14.1. The van der Waals surface area contributed by atoms with Crippen molar-refractivity contribution in [1.29, 1.82) is 5.26 Å².